The lowest BCUT2D eigenvalue weighted by molar-refractivity contribution is 0.232. The topological polar surface area (TPSA) is 15.3 Å². The first-order chi connectivity index (χ1) is 8.69. The lowest BCUT2D eigenvalue weighted by atomic mass is 9.78. The third-order valence-electron chi connectivity index (χ3n) is 4.37. The van der Waals surface area contributed by atoms with Crippen LogP contribution in [0, 0.1) is 17.0 Å². The van der Waals surface area contributed by atoms with Crippen molar-refractivity contribution in [2.24, 2.45) is 5.41 Å². The van der Waals surface area contributed by atoms with Gasteiger partial charge in [0.2, 0.25) is 0 Å². The van der Waals surface area contributed by atoms with E-state index in [1.165, 1.54) is 25.0 Å². The van der Waals surface area contributed by atoms with Gasteiger partial charge in [0.15, 0.2) is 11.6 Å². The summed E-state index contributed by atoms with van der Waals surface area (Å²) in [5, 5.41) is 3.38. The largest absolute Gasteiger partial charge is 0.371 e. The second-order valence-electron chi connectivity index (χ2n) is 5.52. The molecule has 0 unspecified atom stereocenters. The second-order valence-corrected chi connectivity index (χ2v) is 5.52. The van der Waals surface area contributed by atoms with Gasteiger partial charge in [0.25, 0.3) is 0 Å². The molecule has 2 heterocycles. The Morgan fingerprint density at radius 3 is 2.47 bits per heavy atom. The molecule has 1 spiro atoms. The minimum absolute atomic E-state index is 0. The molecule has 1 N–H and O–H groups in total. The standard InChI is InChI=1S/C14H18F2N2.ClH/c15-12-2-1-11(9-13(12)16)18-8-5-14(10-18)3-6-17-7-4-14;/h1-2,9,17H,3-8,10H2;1H. The number of rotatable bonds is 1. The Balaban J connectivity index is 0.00000133. The maximum atomic E-state index is 13.3. The minimum atomic E-state index is -0.769. The predicted molar refractivity (Wildman–Crippen MR) is 75.0 cm³/mol. The summed E-state index contributed by atoms with van der Waals surface area (Å²) in [4.78, 5) is 2.19. The number of nitrogens with zero attached hydrogens (tertiary/aromatic N) is 1. The number of benzene rings is 1. The van der Waals surface area contributed by atoms with Crippen molar-refractivity contribution in [3.8, 4) is 0 Å². The maximum Gasteiger partial charge on any atom is 0.160 e. The van der Waals surface area contributed by atoms with Crippen molar-refractivity contribution in [1.29, 1.82) is 0 Å². The fraction of sp³-hybridized carbons (Fsp3) is 0.571. The SMILES string of the molecule is Cl.Fc1ccc(N2CCC3(CCNCC3)C2)cc1F. The zero-order valence-electron chi connectivity index (χ0n) is 10.8. The molecule has 0 saturated carbocycles. The summed E-state index contributed by atoms with van der Waals surface area (Å²) in [6, 6.07) is 4.21. The summed E-state index contributed by atoms with van der Waals surface area (Å²) in [7, 11) is 0. The van der Waals surface area contributed by atoms with Crippen LogP contribution in [-0.4, -0.2) is 26.2 Å². The van der Waals surface area contributed by atoms with E-state index in [-0.39, 0.29) is 12.4 Å². The number of anilines is 1. The number of piperidine rings is 1. The molecule has 2 nitrogen and oxygen atoms in total. The summed E-state index contributed by atoms with van der Waals surface area (Å²) < 4.78 is 26.2. The Bertz CT molecular complexity index is 447. The summed E-state index contributed by atoms with van der Waals surface area (Å²) >= 11 is 0. The van der Waals surface area contributed by atoms with Crippen molar-refractivity contribution in [3.05, 3.63) is 29.8 Å². The number of hydrogen-bond acceptors (Lipinski definition) is 2. The molecule has 0 radical (unpaired) electrons. The van der Waals surface area contributed by atoms with Gasteiger partial charge in [-0.15, -0.1) is 12.4 Å². The molecule has 2 aliphatic rings. The van der Waals surface area contributed by atoms with Gasteiger partial charge in [-0.05, 0) is 49.9 Å². The van der Waals surface area contributed by atoms with E-state index in [9.17, 15) is 8.78 Å². The van der Waals surface area contributed by atoms with Crippen LogP contribution in [0.2, 0.25) is 0 Å². The number of hydrogen-bond donors (Lipinski definition) is 1. The average molecular weight is 289 g/mol. The lowest BCUT2D eigenvalue weighted by Crippen LogP contribution is -2.38. The quantitative estimate of drug-likeness (QED) is 0.855. The van der Waals surface area contributed by atoms with Gasteiger partial charge in [0, 0.05) is 24.8 Å². The van der Waals surface area contributed by atoms with Gasteiger partial charge in [0.05, 0.1) is 0 Å². The monoisotopic (exact) mass is 288 g/mol. The smallest absolute Gasteiger partial charge is 0.160 e. The third-order valence-corrected chi connectivity index (χ3v) is 4.37. The van der Waals surface area contributed by atoms with Crippen molar-refractivity contribution in [2.75, 3.05) is 31.1 Å². The molecule has 19 heavy (non-hydrogen) atoms. The Morgan fingerprint density at radius 2 is 1.79 bits per heavy atom. The molecule has 106 valence electrons. The predicted octanol–water partition coefficient (Wildman–Crippen LogP) is 2.97. The molecule has 0 bridgehead atoms. The molecular formula is C14H19ClF2N2. The molecule has 0 amide bonds. The molecule has 2 fully saturated rings. The Hall–Kier alpha value is -0.870. The molecule has 1 aromatic carbocycles. The summed E-state index contributed by atoms with van der Waals surface area (Å²) in [5.74, 6) is -1.52. The molecule has 2 saturated heterocycles. The molecular weight excluding hydrogens is 270 g/mol. The van der Waals surface area contributed by atoms with Crippen LogP contribution in [0.4, 0.5) is 14.5 Å². The highest BCUT2D eigenvalue weighted by atomic mass is 35.5. The van der Waals surface area contributed by atoms with Gasteiger partial charge >= 0.3 is 0 Å². The van der Waals surface area contributed by atoms with Crippen molar-refractivity contribution in [1.82, 2.24) is 5.32 Å². The normalized spacial score (nSPS) is 21.5. The third kappa shape index (κ3) is 2.84. The van der Waals surface area contributed by atoms with E-state index in [1.54, 1.807) is 6.07 Å². The van der Waals surface area contributed by atoms with E-state index >= 15 is 0 Å². The van der Waals surface area contributed by atoms with E-state index in [4.69, 9.17) is 0 Å². The van der Waals surface area contributed by atoms with Crippen molar-refractivity contribution < 1.29 is 8.78 Å². The van der Waals surface area contributed by atoms with Gasteiger partial charge in [-0.25, -0.2) is 8.78 Å². The van der Waals surface area contributed by atoms with Crippen molar-refractivity contribution in [2.45, 2.75) is 19.3 Å². The summed E-state index contributed by atoms with van der Waals surface area (Å²) in [5.41, 5.74) is 1.19. The minimum Gasteiger partial charge on any atom is -0.371 e. The first-order valence-electron chi connectivity index (χ1n) is 6.59. The van der Waals surface area contributed by atoms with Gasteiger partial charge in [-0.3, -0.25) is 0 Å². The molecule has 2 aliphatic heterocycles. The average Bonchev–Trinajstić information content (AvgIpc) is 2.78. The molecule has 0 aliphatic carbocycles. The van der Waals surface area contributed by atoms with Crippen LogP contribution in [0.1, 0.15) is 19.3 Å². The lowest BCUT2D eigenvalue weighted by Gasteiger charge is -2.34. The molecule has 0 aromatic heterocycles. The fourth-order valence-electron chi connectivity index (χ4n) is 3.20. The zero-order valence-corrected chi connectivity index (χ0v) is 11.6. The Kier molecular flexibility index (Phi) is 4.31. The molecule has 1 aromatic rings. The Labute approximate surface area is 118 Å². The number of halogens is 3. The molecule has 5 heteroatoms. The highest BCUT2D eigenvalue weighted by molar-refractivity contribution is 5.85. The van der Waals surface area contributed by atoms with E-state index in [1.807, 2.05) is 0 Å². The first-order valence-corrected chi connectivity index (χ1v) is 6.59. The van der Waals surface area contributed by atoms with Gasteiger partial charge < -0.3 is 10.2 Å². The van der Waals surface area contributed by atoms with Gasteiger partial charge in [-0.1, -0.05) is 0 Å². The van der Waals surface area contributed by atoms with Crippen molar-refractivity contribution >= 4 is 18.1 Å². The van der Waals surface area contributed by atoms with Crippen LogP contribution in [0.15, 0.2) is 18.2 Å². The van der Waals surface area contributed by atoms with Crippen LogP contribution in [0.3, 0.4) is 0 Å². The zero-order chi connectivity index (χ0) is 12.6. The van der Waals surface area contributed by atoms with Crippen LogP contribution in [0.5, 0.6) is 0 Å². The maximum absolute atomic E-state index is 13.3. The van der Waals surface area contributed by atoms with Crippen LogP contribution >= 0.6 is 12.4 Å². The Morgan fingerprint density at radius 1 is 1.05 bits per heavy atom. The fourth-order valence-corrected chi connectivity index (χ4v) is 3.20. The van der Waals surface area contributed by atoms with E-state index in [2.05, 4.69) is 10.2 Å². The van der Waals surface area contributed by atoms with Gasteiger partial charge in [-0.2, -0.15) is 0 Å². The van der Waals surface area contributed by atoms with Crippen LogP contribution in [0.25, 0.3) is 0 Å². The van der Waals surface area contributed by atoms with Crippen molar-refractivity contribution in [3.63, 3.8) is 0 Å². The molecule has 3 rings (SSSR count). The van der Waals surface area contributed by atoms with E-state index in [0.717, 1.165) is 38.3 Å². The van der Waals surface area contributed by atoms with Gasteiger partial charge in [0.1, 0.15) is 0 Å². The summed E-state index contributed by atoms with van der Waals surface area (Å²) in [6.07, 6.45) is 3.54. The van der Waals surface area contributed by atoms with E-state index in [0.29, 0.717) is 5.41 Å². The number of nitrogens with one attached hydrogen (secondary N) is 1. The highest BCUT2D eigenvalue weighted by Crippen LogP contribution is 2.40. The van der Waals surface area contributed by atoms with E-state index < -0.39 is 11.6 Å². The highest BCUT2D eigenvalue weighted by Gasteiger charge is 2.38. The van der Waals surface area contributed by atoms with Crippen LogP contribution < -0.4 is 10.2 Å². The second kappa shape index (κ2) is 5.63. The first kappa shape index (κ1) is 14.5. The summed E-state index contributed by atoms with van der Waals surface area (Å²) in [6.45, 7) is 4.07. The van der Waals surface area contributed by atoms with Crippen LogP contribution in [-0.2, 0) is 0 Å². The molecule has 0 atom stereocenters.